The largest absolute Gasteiger partial charge is 0.320 e. The SMILES string of the molecule is CCCc1cc[n+](CC(=O)Nc2cc(Cl)ccc2C)cc1. The summed E-state index contributed by atoms with van der Waals surface area (Å²) in [5.74, 6) is -0.0615. The number of nitrogens with one attached hydrogen (secondary N) is 1. The Labute approximate surface area is 130 Å². The molecule has 0 bridgehead atoms. The fraction of sp³-hybridized carbons (Fsp3) is 0.294. The average Bonchev–Trinajstić information content (AvgIpc) is 2.45. The maximum atomic E-state index is 12.1. The summed E-state index contributed by atoms with van der Waals surface area (Å²) in [6.07, 6.45) is 6.07. The standard InChI is InChI=1S/C17H19ClN2O/c1-3-4-14-7-9-20(10-8-14)12-17(21)19-16-11-15(18)6-5-13(16)2/h5-11H,3-4,12H2,1-2H3/p+1. The lowest BCUT2D eigenvalue weighted by atomic mass is 10.1. The van der Waals surface area contributed by atoms with Crippen molar-refractivity contribution >= 4 is 23.2 Å². The van der Waals surface area contributed by atoms with E-state index in [-0.39, 0.29) is 5.91 Å². The number of carbonyl (C=O) groups excluding carboxylic acids is 1. The smallest absolute Gasteiger partial charge is 0.290 e. The predicted octanol–water partition coefficient (Wildman–Crippen LogP) is 3.53. The van der Waals surface area contributed by atoms with Gasteiger partial charge in [-0.05, 0) is 36.6 Å². The number of pyridine rings is 1. The number of hydrogen-bond donors (Lipinski definition) is 1. The van der Waals surface area contributed by atoms with Crippen molar-refractivity contribution < 1.29 is 9.36 Å². The topological polar surface area (TPSA) is 33.0 Å². The number of hydrogen-bond acceptors (Lipinski definition) is 1. The van der Waals surface area contributed by atoms with Crippen molar-refractivity contribution in [1.29, 1.82) is 0 Å². The van der Waals surface area contributed by atoms with E-state index in [0.717, 1.165) is 24.1 Å². The van der Waals surface area contributed by atoms with Crippen LogP contribution in [0.1, 0.15) is 24.5 Å². The van der Waals surface area contributed by atoms with Gasteiger partial charge in [0.1, 0.15) is 0 Å². The zero-order valence-electron chi connectivity index (χ0n) is 12.4. The highest BCUT2D eigenvalue weighted by molar-refractivity contribution is 6.31. The van der Waals surface area contributed by atoms with E-state index in [0.29, 0.717) is 11.6 Å². The number of anilines is 1. The maximum Gasteiger partial charge on any atom is 0.290 e. The summed E-state index contributed by atoms with van der Waals surface area (Å²) in [6, 6.07) is 9.59. The molecular weight excluding hydrogens is 284 g/mol. The van der Waals surface area contributed by atoms with Gasteiger partial charge in [0.15, 0.2) is 12.4 Å². The van der Waals surface area contributed by atoms with E-state index < -0.39 is 0 Å². The molecule has 0 unspecified atom stereocenters. The molecule has 1 N–H and O–H groups in total. The highest BCUT2D eigenvalue weighted by Gasteiger charge is 2.11. The van der Waals surface area contributed by atoms with E-state index in [1.165, 1.54) is 5.56 Å². The number of benzene rings is 1. The molecule has 4 heteroatoms. The second-order valence-corrected chi connectivity index (χ2v) is 5.57. The summed E-state index contributed by atoms with van der Waals surface area (Å²) in [6.45, 7) is 4.39. The monoisotopic (exact) mass is 303 g/mol. The first-order valence-corrected chi connectivity index (χ1v) is 7.50. The summed E-state index contributed by atoms with van der Waals surface area (Å²) in [5, 5.41) is 3.51. The zero-order valence-corrected chi connectivity index (χ0v) is 13.2. The zero-order chi connectivity index (χ0) is 15.2. The third kappa shape index (κ3) is 4.57. The van der Waals surface area contributed by atoms with Crippen molar-refractivity contribution in [3.05, 3.63) is 58.9 Å². The molecule has 0 saturated carbocycles. The van der Waals surface area contributed by atoms with E-state index >= 15 is 0 Å². The van der Waals surface area contributed by atoms with Crippen LogP contribution in [0.5, 0.6) is 0 Å². The molecule has 0 atom stereocenters. The molecule has 0 radical (unpaired) electrons. The van der Waals surface area contributed by atoms with Gasteiger partial charge in [0, 0.05) is 22.8 Å². The maximum absolute atomic E-state index is 12.1. The summed E-state index contributed by atoms with van der Waals surface area (Å²) in [5.41, 5.74) is 3.05. The highest BCUT2D eigenvalue weighted by Crippen LogP contribution is 2.19. The minimum atomic E-state index is -0.0615. The van der Waals surface area contributed by atoms with Crippen LogP contribution < -0.4 is 9.88 Å². The molecule has 1 heterocycles. The summed E-state index contributed by atoms with van der Waals surface area (Å²) >= 11 is 5.95. The van der Waals surface area contributed by atoms with Crippen molar-refractivity contribution in [1.82, 2.24) is 0 Å². The highest BCUT2D eigenvalue weighted by atomic mass is 35.5. The van der Waals surface area contributed by atoms with Crippen LogP contribution in [0.15, 0.2) is 42.7 Å². The van der Waals surface area contributed by atoms with Gasteiger partial charge in [-0.25, -0.2) is 0 Å². The van der Waals surface area contributed by atoms with Crippen molar-refractivity contribution in [3.8, 4) is 0 Å². The number of halogens is 1. The molecule has 1 aromatic heterocycles. The molecule has 2 rings (SSSR count). The Hall–Kier alpha value is -1.87. The number of carbonyl (C=O) groups is 1. The minimum absolute atomic E-state index is 0.0615. The third-order valence-electron chi connectivity index (χ3n) is 3.30. The Balaban J connectivity index is 1.99. The van der Waals surface area contributed by atoms with Gasteiger partial charge in [-0.1, -0.05) is 31.0 Å². The van der Waals surface area contributed by atoms with Gasteiger partial charge >= 0.3 is 0 Å². The summed E-state index contributed by atoms with van der Waals surface area (Å²) < 4.78 is 1.87. The molecule has 2 aromatic rings. The van der Waals surface area contributed by atoms with Gasteiger partial charge in [-0.15, -0.1) is 0 Å². The van der Waals surface area contributed by atoms with Crippen molar-refractivity contribution in [3.63, 3.8) is 0 Å². The molecule has 0 aliphatic carbocycles. The van der Waals surface area contributed by atoms with Crippen LogP contribution in [0.2, 0.25) is 5.02 Å². The van der Waals surface area contributed by atoms with Crippen LogP contribution in [0.25, 0.3) is 0 Å². The number of aromatic nitrogens is 1. The third-order valence-corrected chi connectivity index (χ3v) is 3.53. The second-order valence-electron chi connectivity index (χ2n) is 5.14. The first-order valence-electron chi connectivity index (χ1n) is 7.12. The lowest BCUT2D eigenvalue weighted by Crippen LogP contribution is -2.39. The van der Waals surface area contributed by atoms with E-state index in [1.54, 1.807) is 6.07 Å². The van der Waals surface area contributed by atoms with Crippen molar-refractivity contribution in [2.24, 2.45) is 0 Å². The molecule has 1 amide bonds. The van der Waals surface area contributed by atoms with Crippen LogP contribution in [0.4, 0.5) is 5.69 Å². The molecule has 0 saturated heterocycles. The number of amides is 1. The number of aryl methyl sites for hydroxylation is 2. The molecule has 0 aliphatic heterocycles. The Bertz CT molecular complexity index is 623. The molecule has 0 fully saturated rings. The fourth-order valence-corrected chi connectivity index (χ4v) is 2.31. The Morgan fingerprint density at radius 3 is 2.62 bits per heavy atom. The fourth-order valence-electron chi connectivity index (χ4n) is 2.13. The molecule has 110 valence electrons. The lowest BCUT2D eigenvalue weighted by molar-refractivity contribution is -0.684. The summed E-state index contributed by atoms with van der Waals surface area (Å²) in [4.78, 5) is 12.1. The van der Waals surface area contributed by atoms with Crippen LogP contribution in [-0.2, 0) is 17.8 Å². The van der Waals surface area contributed by atoms with Crippen molar-refractivity contribution in [2.75, 3.05) is 5.32 Å². The van der Waals surface area contributed by atoms with Gasteiger partial charge < -0.3 is 5.32 Å². The van der Waals surface area contributed by atoms with E-state index in [1.807, 2.05) is 36.0 Å². The predicted molar refractivity (Wildman–Crippen MR) is 85.5 cm³/mol. The molecule has 0 spiro atoms. The summed E-state index contributed by atoms with van der Waals surface area (Å²) in [7, 11) is 0. The Kier molecular flexibility index (Phi) is 5.34. The molecule has 0 aliphatic rings. The van der Waals surface area contributed by atoms with E-state index in [9.17, 15) is 4.79 Å². The van der Waals surface area contributed by atoms with Crippen LogP contribution >= 0.6 is 11.6 Å². The normalized spacial score (nSPS) is 10.4. The van der Waals surface area contributed by atoms with Gasteiger partial charge in [0.2, 0.25) is 6.54 Å². The second kappa shape index (κ2) is 7.23. The number of rotatable bonds is 5. The molecule has 21 heavy (non-hydrogen) atoms. The molecular formula is C17H20ClN2O+. The van der Waals surface area contributed by atoms with Gasteiger partial charge in [-0.2, -0.15) is 4.57 Å². The van der Waals surface area contributed by atoms with E-state index in [2.05, 4.69) is 24.4 Å². The van der Waals surface area contributed by atoms with Gasteiger partial charge in [0.25, 0.3) is 5.91 Å². The Morgan fingerprint density at radius 2 is 1.95 bits per heavy atom. The van der Waals surface area contributed by atoms with Crippen LogP contribution in [-0.4, -0.2) is 5.91 Å². The quantitative estimate of drug-likeness (QED) is 0.842. The first-order chi connectivity index (χ1) is 10.1. The van der Waals surface area contributed by atoms with Crippen LogP contribution in [0.3, 0.4) is 0 Å². The minimum Gasteiger partial charge on any atom is -0.320 e. The lowest BCUT2D eigenvalue weighted by Gasteiger charge is -2.07. The molecule has 1 aromatic carbocycles. The van der Waals surface area contributed by atoms with Crippen molar-refractivity contribution in [2.45, 2.75) is 33.2 Å². The average molecular weight is 304 g/mol. The van der Waals surface area contributed by atoms with Crippen LogP contribution in [0, 0.1) is 6.92 Å². The van der Waals surface area contributed by atoms with Gasteiger partial charge in [0.05, 0.1) is 0 Å². The first kappa shape index (κ1) is 15.5. The Morgan fingerprint density at radius 1 is 1.24 bits per heavy atom. The van der Waals surface area contributed by atoms with Gasteiger partial charge in [-0.3, -0.25) is 4.79 Å². The number of nitrogens with zero attached hydrogens (tertiary/aromatic N) is 1. The van der Waals surface area contributed by atoms with E-state index in [4.69, 9.17) is 11.6 Å². The molecule has 3 nitrogen and oxygen atoms in total.